The van der Waals surface area contributed by atoms with Crippen LogP contribution in [-0.2, 0) is 24.1 Å². The zero-order valence-corrected chi connectivity index (χ0v) is 23.9. The van der Waals surface area contributed by atoms with E-state index in [1.165, 1.54) is 22.6 Å². The predicted octanol–water partition coefficient (Wildman–Crippen LogP) is 5.11. The van der Waals surface area contributed by atoms with E-state index in [2.05, 4.69) is 20.4 Å². The van der Waals surface area contributed by atoms with Crippen LogP contribution in [0, 0.1) is 0 Å². The number of pyridine rings is 1. The highest BCUT2D eigenvalue weighted by molar-refractivity contribution is 8.09. The number of anilines is 2. The van der Waals surface area contributed by atoms with Crippen LogP contribution in [0.3, 0.4) is 0 Å². The number of carbonyl (C=O) groups excluding carboxylic acids is 2. The second-order valence-corrected chi connectivity index (χ2v) is 11.7. The maximum absolute atomic E-state index is 13.9. The van der Waals surface area contributed by atoms with Crippen molar-refractivity contribution in [2.75, 3.05) is 23.5 Å². The smallest absolute Gasteiger partial charge is 0.453 e. The minimum absolute atomic E-state index is 0.111. The Morgan fingerprint density at radius 1 is 1.12 bits per heavy atom. The summed E-state index contributed by atoms with van der Waals surface area (Å²) >= 11 is 7.76. The van der Waals surface area contributed by atoms with Gasteiger partial charge in [0, 0.05) is 44.7 Å². The number of hydrogen-bond acceptors (Lipinski definition) is 8. The lowest BCUT2D eigenvalue weighted by atomic mass is 10.1. The van der Waals surface area contributed by atoms with Gasteiger partial charge in [-0.25, -0.2) is 19.4 Å². The lowest BCUT2D eigenvalue weighted by Gasteiger charge is -2.33. The molecule has 220 valence electrons. The third kappa shape index (κ3) is 4.74. The SMILES string of the molecule is COc1ccc(Cl)c(C2=CC3NC(=O)N(c4cncc5ccc(N6CCn7nc(C(F)(F)F)nc7C6)cc45)C(=O)C3S2)c1. The number of urea groups is 1. The molecule has 2 unspecified atom stereocenters. The number of rotatable bonds is 4. The van der Waals surface area contributed by atoms with Crippen molar-refractivity contribution >= 4 is 62.4 Å². The van der Waals surface area contributed by atoms with E-state index in [1.807, 2.05) is 17.0 Å². The lowest BCUT2D eigenvalue weighted by Crippen LogP contribution is -2.60. The number of nitrogens with zero attached hydrogens (tertiary/aromatic N) is 6. The topological polar surface area (TPSA) is 105 Å². The van der Waals surface area contributed by atoms with E-state index in [1.54, 1.807) is 43.6 Å². The molecule has 2 aromatic heterocycles. The second-order valence-electron chi connectivity index (χ2n) is 10.1. The molecule has 7 rings (SSSR count). The number of aromatic nitrogens is 4. The molecule has 1 N–H and O–H groups in total. The summed E-state index contributed by atoms with van der Waals surface area (Å²) in [6, 6.07) is 9.53. The number of halogens is 4. The Kier molecular flexibility index (Phi) is 6.50. The van der Waals surface area contributed by atoms with Gasteiger partial charge in [-0.1, -0.05) is 17.7 Å². The van der Waals surface area contributed by atoms with Crippen molar-refractivity contribution < 1.29 is 27.5 Å². The van der Waals surface area contributed by atoms with Gasteiger partial charge in [-0.05, 0) is 36.4 Å². The van der Waals surface area contributed by atoms with E-state index < -0.39 is 35.2 Å². The van der Waals surface area contributed by atoms with E-state index in [9.17, 15) is 22.8 Å². The minimum Gasteiger partial charge on any atom is -0.497 e. The number of thioether (sulfide) groups is 1. The maximum Gasteiger partial charge on any atom is 0.453 e. The van der Waals surface area contributed by atoms with Crippen LogP contribution in [0.4, 0.5) is 29.3 Å². The standard InChI is InChI=1S/C28H21ClF3N7O3S/c1-42-16-4-5-19(29)18(9-16)22-10-20-24(43-22)25(40)39(27(41)34-20)21-12-33-11-14-2-3-15(8-17(14)21)37-6-7-38-23(13-37)35-26(36-38)28(30,31)32/h2-5,8-12,20,24H,6-7,13H2,1H3,(H,34,41). The summed E-state index contributed by atoms with van der Waals surface area (Å²) in [6.07, 6.45) is 0.269. The number of hydrogen-bond donors (Lipinski definition) is 1. The highest BCUT2D eigenvalue weighted by Crippen LogP contribution is 2.45. The Labute approximate surface area is 251 Å². The molecular formula is C28H21ClF3N7O3S. The van der Waals surface area contributed by atoms with E-state index >= 15 is 0 Å². The number of imide groups is 1. The van der Waals surface area contributed by atoms with Crippen LogP contribution in [0.5, 0.6) is 5.75 Å². The molecule has 0 saturated carbocycles. The molecule has 3 aliphatic rings. The van der Waals surface area contributed by atoms with Gasteiger partial charge >= 0.3 is 12.2 Å². The largest absolute Gasteiger partial charge is 0.497 e. The summed E-state index contributed by atoms with van der Waals surface area (Å²) in [7, 11) is 1.55. The highest BCUT2D eigenvalue weighted by Gasteiger charge is 2.46. The highest BCUT2D eigenvalue weighted by atomic mass is 35.5. The molecule has 2 atom stereocenters. The van der Waals surface area contributed by atoms with Crippen molar-refractivity contribution in [2.45, 2.75) is 30.6 Å². The summed E-state index contributed by atoms with van der Waals surface area (Å²) in [5.74, 6) is -0.766. The third-order valence-electron chi connectivity index (χ3n) is 7.55. The van der Waals surface area contributed by atoms with Crippen LogP contribution in [0.25, 0.3) is 15.7 Å². The lowest BCUT2D eigenvalue weighted by molar-refractivity contribution is -0.145. The molecule has 2 aromatic carbocycles. The van der Waals surface area contributed by atoms with Gasteiger partial charge in [0.1, 0.15) is 16.8 Å². The Morgan fingerprint density at radius 2 is 1.95 bits per heavy atom. The minimum atomic E-state index is -4.63. The fraction of sp³-hybridized carbons (Fsp3) is 0.250. The average Bonchev–Trinajstić information content (AvgIpc) is 3.62. The number of alkyl halides is 3. The Hall–Kier alpha value is -4.30. The normalized spacial score (nSPS) is 20.2. The van der Waals surface area contributed by atoms with Crippen molar-refractivity contribution in [3.8, 4) is 5.75 Å². The maximum atomic E-state index is 13.9. The van der Waals surface area contributed by atoms with E-state index in [0.29, 0.717) is 45.0 Å². The van der Waals surface area contributed by atoms with Crippen molar-refractivity contribution in [2.24, 2.45) is 0 Å². The monoisotopic (exact) mass is 627 g/mol. The van der Waals surface area contributed by atoms with Gasteiger partial charge in [0.05, 0.1) is 38.1 Å². The van der Waals surface area contributed by atoms with Crippen molar-refractivity contribution in [3.63, 3.8) is 0 Å². The van der Waals surface area contributed by atoms with Crippen LogP contribution >= 0.6 is 23.4 Å². The number of nitrogens with one attached hydrogen (secondary N) is 1. The number of amides is 3. The number of ether oxygens (including phenoxy) is 1. The molecule has 10 nitrogen and oxygen atoms in total. The fourth-order valence-electron chi connectivity index (χ4n) is 5.44. The zero-order valence-electron chi connectivity index (χ0n) is 22.3. The Bertz CT molecular complexity index is 1850. The summed E-state index contributed by atoms with van der Waals surface area (Å²) in [4.78, 5) is 38.9. The Morgan fingerprint density at radius 3 is 2.74 bits per heavy atom. The molecule has 3 aliphatic heterocycles. The molecule has 5 heterocycles. The molecule has 1 fully saturated rings. The molecule has 0 radical (unpaired) electrons. The first kappa shape index (κ1) is 27.5. The molecule has 4 aromatic rings. The molecule has 15 heteroatoms. The summed E-state index contributed by atoms with van der Waals surface area (Å²) in [5.41, 5.74) is 1.69. The molecule has 0 spiro atoms. The van der Waals surface area contributed by atoms with Gasteiger partial charge in [0.2, 0.25) is 0 Å². The number of methoxy groups -OCH3 is 1. The first-order valence-electron chi connectivity index (χ1n) is 13.1. The molecule has 1 saturated heterocycles. The molecule has 3 amide bonds. The predicted molar refractivity (Wildman–Crippen MR) is 155 cm³/mol. The van der Waals surface area contributed by atoms with Gasteiger partial charge in [-0.2, -0.15) is 13.2 Å². The van der Waals surface area contributed by atoms with Crippen LogP contribution in [0.2, 0.25) is 5.02 Å². The van der Waals surface area contributed by atoms with Crippen LogP contribution < -0.4 is 19.9 Å². The average molecular weight is 628 g/mol. The van der Waals surface area contributed by atoms with Crippen molar-refractivity contribution in [1.82, 2.24) is 25.1 Å². The van der Waals surface area contributed by atoms with Crippen molar-refractivity contribution in [1.29, 1.82) is 0 Å². The van der Waals surface area contributed by atoms with E-state index in [0.717, 1.165) is 9.81 Å². The second kappa shape index (κ2) is 10.2. The van der Waals surface area contributed by atoms with Crippen LogP contribution in [0.1, 0.15) is 17.2 Å². The first-order chi connectivity index (χ1) is 20.6. The summed E-state index contributed by atoms with van der Waals surface area (Å²) in [5, 5.41) is 7.64. The van der Waals surface area contributed by atoms with Gasteiger partial charge in [0.25, 0.3) is 11.7 Å². The van der Waals surface area contributed by atoms with Crippen LogP contribution in [0.15, 0.2) is 54.9 Å². The quantitative estimate of drug-likeness (QED) is 0.333. The van der Waals surface area contributed by atoms with Gasteiger partial charge in [0.15, 0.2) is 0 Å². The van der Waals surface area contributed by atoms with Gasteiger partial charge in [-0.15, -0.1) is 16.9 Å². The summed E-state index contributed by atoms with van der Waals surface area (Å²) < 4.78 is 46.0. The van der Waals surface area contributed by atoms with Crippen molar-refractivity contribution in [3.05, 3.63) is 77.1 Å². The third-order valence-corrected chi connectivity index (χ3v) is 9.24. The molecule has 43 heavy (non-hydrogen) atoms. The summed E-state index contributed by atoms with van der Waals surface area (Å²) in [6.45, 7) is 0.726. The van der Waals surface area contributed by atoms with Gasteiger partial charge < -0.3 is 15.0 Å². The zero-order chi connectivity index (χ0) is 30.0. The Balaban J connectivity index is 1.19. The molecule has 0 bridgehead atoms. The van der Waals surface area contributed by atoms with E-state index in [-0.39, 0.29) is 18.9 Å². The number of carbonyl (C=O) groups is 2. The fourth-order valence-corrected chi connectivity index (χ4v) is 7.01. The van der Waals surface area contributed by atoms with Gasteiger partial charge in [-0.3, -0.25) is 9.78 Å². The molecular weight excluding hydrogens is 607 g/mol. The molecule has 0 aliphatic carbocycles. The van der Waals surface area contributed by atoms with E-state index in [4.69, 9.17) is 16.3 Å². The number of fused-ring (bicyclic) bond motifs is 3. The van der Waals surface area contributed by atoms with Crippen LogP contribution in [-0.4, -0.2) is 56.6 Å². The number of benzene rings is 2. The first-order valence-corrected chi connectivity index (χ1v) is 14.4.